The zero-order chi connectivity index (χ0) is 14.8. The van der Waals surface area contributed by atoms with Gasteiger partial charge in [-0.3, -0.25) is 0 Å². The molecule has 1 fully saturated rings. The van der Waals surface area contributed by atoms with Crippen LogP contribution in [0, 0.1) is 11.3 Å². The highest BCUT2D eigenvalue weighted by Crippen LogP contribution is 2.38. The largest absolute Gasteiger partial charge is 0.456 e. The Morgan fingerprint density at radius 3 is 2.40 bits per heavy atom. The number of carbonyl (C=O) groups is 1. The molecule has 3 nitrogen and oxygen atoms in total. The summed E-state index contributed by atoms with van der Waals surface area (Å²) in [7, 11) is 0. The summed E-state index contributed by atoms with van der Waals surface area (Å²) in [5.74, 6) is 0.132. The number of carbonyl (C=O) groups excluding carboxylic acids is 1. The Kier molecular flexibility index (Phi) is 4.48. The first kappa shape index (κ1) is 15.0. The van der Waals surface area contributed by atoms with Gasteiger partial charge in [-0.05, 0) is 42.7 Å². The Morgan fingerprint density at radius 2 is 1.85 bits per heavy atom. The van der Waals surface area contributed by atoms with Crippen molar-refractivity contribution in [2.75, 3.05) is 0 Å². The van der Waals surface area contributed by atoms with E-state index in [1.807, 2.05) is 18.2 Å². The summed E-state index contributed by atoms with van der Waals surface area (Å²) in [6, 6.07) is 8.94. The molecule has 110 valence electrons. The summed E-state index contributed by atoms with van der Waals surface area (Å²) in [5, 5.41) is 10.2. The molecule has 1 N–H and O–H groups in total. The van der Waals surface area contributed by atoms with Crippen LogP contribution in [0.1, 0.15) is 50.4 Å². The van der Waals surface area contributed by atoms with E-state index in [1.54, 1.807) is 12.1 Å². The smallest absolute Gasteiger partial charge is 0.338 e. The first-order chi connectivity index (χ1) is 9.38. The van der Waals surface area contributed by atoms with E-state index < -0.39 is 6.10 Å². The predicted molar refractivity (Wildman–Crippen MR) is 78.4 cm³/mol. The summed E-state index contributed by atoms with van der Waals surface area (Å²) in [4.78, 5) is 12.0. The summed E-state index contributed by atoms with van der Waals surface area (Å²) in [6.07, 6.45) is 1.51. The lowest BCUT2D eigenvalue weighted by Gasteiger charge is -2.39. The lowest BCUT2D eigenvalue weighted by molar-refractivity contribution is -0.0594. The van der Waals surface area contributed by atoms with Crippen molar-refractivity contribution in [1.82, 2.24) is 0 Å². The minimum atomic E-state index is -0.555. The van der Waals surface area contributed by atoms with Crippen molar-refractivity contribution in [2.45, 2.75) is 52.2 Å². The van der Waals surface area contributed by atoms with Gasteiger partial charge in [0.15, 0.2) is 0 Å². The quantitative estimate of drug-likeness (QED) is 0.842. The summed E-state index contributed by atoms with van der Waals surface area (Å²) in [6.45, 7) is 6.59. The zero-order valence-electron chi connectivity index (χ0n) is 12.5. The Hall–Kier alpha value is -1.35. The van der Waals surface area contributed by atoms with E-state index in [9.17, 15) is 9.90 Å². The van der Waals surface area contributed by atoms with Crippen LogP contribution in [0.15, 0.2) is 30.3 Å². The van der Waals surface area contributed by atoms with Gasteiger partial charge in [0.1, 0.15) is 6.10 Å². The topological polar surface area (TPSA) is 46.5 Å². The lowest BCUT2D eigenvalue weighted by Crippen LogP contribution is -2.40. The highest BCUT2D eigenvalue weighted by Gasteiger charge is 2.36. The van der Waals surface area contributed by atoms with E-state index in [1.165, 1.54) is 0 Å². The van der Waals surface area contributed by atoms with Gasteiger partial charge in [-0.1, -0.05) is 39.0 Å². The number of esters is 1. The average Bonchev–Trinajstić information content (AvgIpc) is 2.41. The molecule has 1 aliphatic rings. The van der Waals surface area contributed by atoms with E-state index in [4.69, 9.17) is 4.74 Å². The number of rotatable bonds is 2. The first-order valence-electron chi connectivity index (χ1n) is 7.32. The van der Waals surface area contributed by atoms with Crippen LogP contribution in [0.3, 0.4) is 0 Å². The Bertz CT molecular complexity index is 447. The Balaban J connectivity index is 1.94. The molecule has 0 saturated heterocycles. The van der Waals surface area contributed by atoms with Gasteiger partial charge >= 0.3 is 5.97 Å². The van der Waals surface area contributed by atoms with Crippen LogP contribution in [0.4, 0.5) is 0 Å². The molecule has 1 aromatic rings. The average molecular weight is 276 g/mol. The molecule has 2 rings (SSSR count). The molecule has 3 atom stereocenters. The van der Waals surface area contributed by atoms with Gasteiger partial charge in [0, 0.05) is 0 Å². The molecule has 0 heterocycles. The van der Waals surface area contributed by atoms with Gasteiger partial charge in [-0.15, -0.1) is 0 Å². The van der Waals surface area contributed by atoms with Crippen LogP contribution in [-0.2, 0) is 4.74 Å². The summed E-state index contributed by atoms with van der Waals surface area (Å²) < 4.78 is 5.46. The fourth-order valence-corrected chi connectivity index (χ4v) is 2.82. The Labute approximate surface area is 121 Å². The van der Waals surface area contributed by atoms with Gasteiger partial charge in [0.25, 0.3) is 0 Å². The normalized spacial score (nSPS) is 27.1. The molecule has 0 aromatic heterocycles. The zero-order valence-corrected chi connectivity index (χ0v) is 12.5. The van der Waals surface area contributed by atoms with E-state index in [-0.39, 0.29) is 17.5 Å². The number of ether oxygens (including phenoxy) is 1. The fourth-order valence-electron chi connectivity index (χ4n) is 2.82. The molecule has 0 radical (unpaired) electrons. The maximum Gasteiger partial charge on any atom is 0.338 e. The molecule has 2 unspecified atom stereocenters. The van der Waals surface area contributed by atoms with Crippen molar-refractivity contribution in [3.8, 4) is 0 Å². The minimum absolute atomic E-state index is 0.190. The monoisotopic (exact) mass is 276 g/mol. The van der Waals surface area contributed by atoms with Gasteiger partial charge in [0.2, 0.25) is 0 Å². The molecule has 1 saturated carbocycles. The molecule has 3 heteroatoms. The van der Waals surface area contributed by atoms with Crippen molar-refractivity contribution < 1.29 is 14.6 Å². The van der Waals surface area contributed by atoms with Crippen LogP contribution in [0.25, 0.3) is 0 Å². The molecule has 0 aliphatic heterocycles. The molecular weight excluding hydrogens is 252 g/mol. The molecule has 0 bridgehead atoms. The number of aliphatic hydroxyl groups excluding tert-OH is 1. The third-order valence-corrected chi connectivity index (χ3v) is 4.25. The molecule has 1 aliphatic carbocycles. The third-order valence-electron chi connectivity index (χ3n) is 4.25. The van der Waals surface area contributed by atoms with Crippen molar-refractivity contribution in [1.29, 1.82) is 0 Å². The van der Waals surface area contributed by atoms with Crippen molar-refractivity contribution in [2.24, 2.45) is 11.3 Å². The fraction of sp³-hybridized carbons (Fsp3) is 0.588. The van der Waals surface area contributed by atoms with Gasteiger partial charge in [0.05, 0.1) is 11.7 Å². The maximum atomic E-state index is 12.0. The SMILES string of the molecule is CC(C)(C)[C@H]1CCC(OC(=O)c2ccccc2)C(O)C1. The van der Waals surface area contributed by atoms with E-state index in [0.29, 0.717) is 17.9 Å². The maximum absolute atomic E-state index is 12.0. The van der Waals surface area contributed by atoms with Crippen LogP contribution < -0.4 is 0 Å². The number of aliphatic hydroxyl groups is 1. The Morgan fingerprint density at radius 1 is 1.20 bits per heavy atom. The van der Waals surface area contributed by atoms with Gasteiger partial charge in [-0.2, -0.15) is 0 Å². The van der Waals surface area contributed by atoms with Gasteiger partial charge < -0.3 is 9.84 Å². The molecule has 20 heavy (non-hydrogen) atoms. The molecule has 0 amide bonds. The molecule has 1 aromatic carbocycles. The second-order valence-corrected chi connectivity index (χ2v) is 6.75. The highest BCUT2D eigenvalue weighted by atomic mass is 16.6. The number of hydrogen-bond donors (Lipinski definition) is 1. The summed E-state index contributed by atoms with van der Waals surface area (Å²) >= 11 is 0. The van der Waals surface area contributed by atoms with Crippen LogP contribution in [0.5, 0.6) is 0 Å². The standard InChI is InChI=1S/C17H24O3/c1-17(2,3)13-9-10-15(14(18)11-13)20-16(19)12-7-5-4-6-8-12/h4-8,13-15,18H,9-11H2,1-3H3/t13-,14?,15?/m0/s1. The lowest BCUT2D eigenvalue weighted by atomic mass is 9.71. The third kappa shape index (κ3) is 3.60. The van der Waals surface area contributed by atoms with E-state index >= 15 is 0 Å². The van der Waals surface area contributed by atoms with Crippen LogP contribution >= 0.6 is 0 Å². The van der Waals surface area contributed by atoms with Crippen molar-refractivity contribution in [3.63, 3.8) is 0 Å². The van der Waals surface area contributed by atoms with E-state index in [2.05, 4.69) is 20.8 Å². The van der Waals surface area contributed by atoms with E-state index in [0.717, 1.165) is 12.8 Å². The highest BCUT2D eigenvalue weighted by molar-refractivity contribution is 5.89. The molecular formula is C17H24O3. The first-order valence-corrected chi connectivity index (χ1v) is 7.32. The number of benzene rings is 1. The minimum Gasteiger partial charge on any atom is -0.456 e. The summed E-state index contributed by atoms with van der Waals surface area (Å²) in [5.41, 5.74) is 0.729. The van der Waals surface area contributed by atoms with Crippen molar-refractivity contribution in [3.05, 3.63) is 35.9 Å². The molecule has 0 spiro atoms. The van der Waals surface area contributed by atoms with Crippen LogP contribution in [0.2, 0.25) is 0 Å². The second-order valence-electron chi connectivity index (χ2n) is 6.75. The van der Waals surface area contributed by atoms with Gasteiger partial charge in [-0.25, -0.2) is 4.79 Å². The predicted octanol–water partition coefficient (Wildman–Crippen LogP) is 3.42. The van der Waals surface area contributed by atoms with Crippen molar-refractivity contribution >= 4 is 5.97 Å². The number of hydrogen-bond acceptors (Lipinski definition) is 3. The van der Waals surface area contributed by atoms with Crippen LogP contribution in [-0.4, -0.2) is 23.3 Å². The second kappa shape index (κ2) is 5.96.